The fourth-order valence-electron chi connectivity index (χ4n) is 2.64. The summed E-state index contributed by atoms with van der Waals surface area (Å²) in [5.74, 6) is -0.265. The van der Waals surface area contributed by atoms with Crippen LogP contribution in [-0.4, -0.2) is 54.3 Å². The van der Waals surface area contributed by atoms with E-state index in [-0.39, 0.29) is 12.3 Å². The van der Waals surface area contributed by atoms with Crippen LogP contribution in [0.5, 0.6) is 5.75 Å². The molecule has 1 aliphatic rings. The maximum Gasteiger partial charge on any atom is 0.306 e. The van der Waals surface area contributed by atoms with Crippen molar-refractivity contribution in [3.8, 4) is 5.75 Å². The Balaban J connectivity index is 1.88. The molecule has 6 heteroatoms. The van der Waals surface area contributed by atoms with Gasteiger partial charge >= 0.3 is 5.97 Å². The van der Waals surface area contributed by atoms with Crippen molar-refractivity contribution >= 4 is 11.9 Å². The molecule has 1 heterocycles. The minimum absolute atomic E-state index is 0.0890. The maximum absolute atomic E-state index is 12.5. The molecule has 1 saturated heterocycles. The van der Waals surface area contributed by atoms with Gasteiger partial charge in [0.05, 0.1) is 25.7 Å². The molecule has 132 valence electrons. The Morgan fingerprint density at radius 3 is 2.71 bits per heavy atom. The van der Waals surface area contributed by atoms with Crippen molar-refractivity contribution in [2.24, 2.45) is 0 Å². The van der Waals surface area contributed by atoms with E-state index in [0.29, 0.717) is 31.9 Å². The third-order valence-corrected chi connectivity index (χ3v) is 3.95. The van der Waals surface area contributed by atoms with Crippen molar-refractivity contribution in [1.29, 1.82) is 0 Å². The van der Waals surface area contributed by atoms with Crippen LogP contribution < -0.4 is 4.74 Å². The fraction of sp³-hybridized carbons (Fsp3) is 0.556. The van der Waals surface area contributed by atoms with Crippen molar-refractivity contribution < 1.29 is 24.2 Å². The average molecular weight is 335 g/mol. The number of benzene rings is 1. The number of amides is 1. The van der Waals surface area contributed by atoms with E-state index in [0.717, 1.165) is 25.0 Å². The molecule has 1 N–H and O–H groups in total. The molecule has 0 radical (unpaired) electrons. The molecule has 6 nitrogen and oxygen atoms in total. The van der Waals surface area contributed by atoms with Gasteiger partial charge in [-0.05, 0) is 30.7 Å². The van der Waals surface area contributed by atoms with Crippen LogP contribution in [0.4, 0.5) is 0 Å². The summed E-state index contributed by atoms with van der Waals surface area (Å²) in [5, 5.41) is 8.85. The lowest BCUT2D eigenvalue weighted by atomic mass is 10.1. The van der Waals surface area contributed by atoms with E-state index in [1.807, 2.05) is 0 Å². The van der Waals surface area contributed by atoms with Gasteiger partial charge in [0.15, 0.2) is 0 Å². The van der Waals surface area contributed by atoms with Crippen LogP contribution in [0.2, 0.25) is 0 Å². The van der Waals surface area contributed by atoms with E-state index in [2.05, 4.69) is 6.92 Å². The highest BCUT2D eigenvalue weighted by atomic mass is 16.5. The van der Waals surface area contributed by atoms with Gasteiger partial charge in [0.1, 0.15) is 5.75 Å². The summed E-state index contributed by atoms with van der Waals surface area (Å²) in [6.07, 6.45) is 2.79. The molecule has 0 bridgehead atoms. The number of ether oxygens (including phenoxy) is 2. The zero-order valence-electron chi connectivity index (χ0n) is 14.1. The number of carboxylic acids is 1. The highest BCUT2D eigenvalue weighted by Crippen LogP contribution is 2.17. The van der Waals surface area contributed by atoms with Crippen molar-refractivity contribution in [3.63, 3.8) is 0 Å². The van der Waals surface area contributed by atoms with E-state index in [1.54, 1.807) is 29.2 Å². The number of carboxylic acid groups (broad SMARTS) is 1. The highest BCUT2D eigenvalue weighted by Gasteiger charge is 2.26. The van der Waals surface area contributed by atoms with Crippen LogP contribution >= 0.6 is 0 Å². The Hall–Kier alpha value is -2.08. The zero-order chi connectivity index (χ0) is 17.4. The van der Waals surface area contributed by atoms with Gasteiger partial charge in [0, 0.05) is 18.7 Å². The zero-order valence-corrected chi connectivity index (χ0v) is 14.1. The van der Waals surface area contributed by atoms with Gasteiger partial charge in [-0.15, -0.1) is 0 Å². The number of unbranched alkanes of at least 4 members (excludes halogenated alkanes) is 2. The smallest absolute Gasteiger partial charge is 0.306 e. The number of morpholine rings is 1. The fourth-order valence-corrected chi connectivity index (χ4v) is 2.64. The number of hydrogen-bond donors (Lipinski definition) is 1. The van der Waals surface area contributed by atoms with Gasteiger partial charge in [-0.2, -0.15) is 0 Å². The van der Waals surface area contributed by atoms with Crippen molar-refractivity contribution in [3.05, 3.63) is 29.8 Å². The monoisotopic (exact) mass is 335 g/mol. The molecule has 1 aromatic rings. The number of nitrogens with zero attached hydrogens (tertiary/aromatic N) is 1. The second kappa shape index (κ2) is 9.27. The molecule has 0 spiro atoms. The van der Waals surface area contributed by atoms with E-state index in [9.17, 15) is 9.59 Å². The van der Waals surface area contributed by atoms with Crippen LogP contribution in [0.3, 0.4) is 0 Å². The molecule has 1 aromatic carbocycles. The Kier molecular flexibility index (Phi) is 7.06. The molecule has 24 heavy (non-hydrogen) atoms. The van der Waals surface area contributed by atoms with Crippen LogP contribution in [0.25, 0.3) is 0 Å². The summed E-state index contributed by atoms with van der Waals surface area (Å²) in [7, 11) is 0. The van der Waals surface area contributed by atoms with E-state index < -0.39 is 12.1 Å². The lowest BCUT2D eigenvalue weighted by Crippen LogP contribution is -2.46. The minimum atomic E-state index is -0.918. The third-order valence-electron chi connectivity index (χ3n) is 3.95. The highest BCUT2D eigenvalue weighted by molar-refractivity contribution is 5.94. The first-order valence-corrected chi connectivity index (χ1v) is 8.45. The van der Waals surface area contributed by atoms with Gasteiger partial charge in [-0.1, -0.05) is 19.8 Å². The predicted molar refractivity (Wildman–Crippen MR) is 89.4 cm³/mol. The van der Waals surface area contributed by atoms with Crippen molar-refractivity contribution in [2.45, 2.75) is 38.7 Å². The molecular formula is C18H25NO5. The van der Waals surface area contributed by atoms with Crippen molar-refractivity contribution in [2.75, 3.05) is 26.3 Å². The van der Waals surface area contributed by atoms with E-state index in [1.165, 1.54) is 0 Å². The third kappa shape index (κ3) is 5.53. The number of carbonyl (C=O) groups excluding carboxylic acids is 1. The van der Waals surface area contributed by atoms with Gasteiger partial charge in [0.25, 0.3) is 5.91 Å². The minimum Gasteiger partial charge on any atom is -0.494 e. The van der Waals surface area contributed by atoms with Gasteiger partial charge in [0.2, 0.25) is 0 Å². The largest absolute Gasteiger partial charge is 0.494 e. The molecule has 1 fully saturated rings. The first-order chi connectivity index (χ1) is 11.6. The summed E-state index contributed by atoms with van der Waals surface area (Å²) >= 11 is 0. The normalized spacial score (nSPS) is 17.5. The SMILES string of the molecule is CCCCCOc1ccc(C(=O)N2CCOC(CC(=O)O)C2)cc1. The quantitative estimate of drug-likeness (QED) is 0.739. The number of aliphatic carboxylic acids is 1. The lowest BCUT2D eigenvalue weighted by Gasteiger charge is -2.32. The Morgan fingerprint density at radius 2 is 2.04 bits per heavy atom. The van der Waals surface area contributed by atoms with Crippen LogP contribution in [-0.2, 0) is 9.53 Å². The molecule has 1 amide bonds. The molecule has 0 aromatic heterocycles. The predicted octanol–water partition coefficient (Wildman–Crippen LogP) is 2.57. The van der Waals surface area contributed by atoms with Crippen LogP contribution in [0, 0.1) is 0 Å². The molecule has 0 saturated carbocycles. The van der Waals surface area contributed by atoms with Gasteiger partial charge < -0.3 is 19.5 Å². The van der Waals surface area contributed by atoms with Crippen LogP contribution in [0.1, 0.15) is 43.0 Å². The van der Waals surface area contributed by atoms with E-state index >= 15 is 0 Å². The summed E-state index contributed by atoms with van der Waals surface area (Å²) in [5.41, 5.74) is 0.576. The summed E-state index contributed by atoms with van der Waals surface area (Å²) in [6.45, 7) is 3.97. The van der Waals surface area contributed by atoms with Crippen LogP contribution in [0.15, 0.2) is 24.3 Å². The summed E-state index contributed by atoms with van der Waals surface area (Å²) in [4.78, 5) is 25.0. The number of carbonyl (C=O) groups is 2. The average Bonchev–Trinajstić information content (AvgIpc) is 2.58. The Labute approximate surface area is 142 Å². The Morgan fingerprint density at radius 1 is 1.29 bits per heavy atom. The topological polar surface area (TPSA) is 76.1 Å². The first kappa shape index (κ1) is 18.3. The standard InChI is InChI=1S/C18H25NO5/c1-2-3-4-10-23-15-7-5-14(6-8-15)18(22)19-9-11-24-16(13-19)12-17(20)21/h5-8,16H,2-4,9-13H2,1H3,(H,20,21). The van der Waals surface area contributed by atoms with Crippen molar-refractivity contribution in [1.82, 2.24) is 4.90 Å². The summed E-state index contributed by atoms with van der Waals surface area (Å²) < 4.78 is 11.0. The second-order valence-electron chi connectivity index (χ2n) is 5.92. The van der Waals surface area contributed by atoms with E-state index in [4.69, 9.17) is 14.6 Å². The molecular weight excluding hydrogens is 310 g/mol. The molecule has 2 rings (SSSR count). The number of rotatable bonds is 8. The van der Waals surface area contributed by atoms with Gasteiger partial charge in [-0.25, -0.2) is 0 Å². The summed E-state index contributed by atoms with van der Waals surface area (Å²) in [6, 6.07) is 7.10. The van der Waals surface area contributed by atoms with Gasteiger partial charge in [-0.3, -0.25) is 9.59 Å². The molecule has 0 aliphatic carbocycles. The molecule has 1 atom stereocenters. The first-order valence-electron chi connectivity index (χ1n) is 8.45. The number of hydrogen-bond acceptors (Lipinski definition) is 4. The lowest BCUT2D eigenvalue weighted by molar-refractivity contribution is -0.141. The maximum atomic E-state index is 12.5. The molecule has 1 unspecified atom stereocenters. The Bertz CT molecular complexity index is 543. The second-order valence-corrected chi connectivity index (χ2v) is 5.92. The molecule has 1 aliphatic heterocycles.